The molecule has 0 bridgehead atoms. The summed E-state index contributed by atoms with van der Waals surface area (Å²) in [4.78, 5) is 18.1. The summed E-state index contributed by atoms with van der Waals surface area (Å²) in [7, 11) is 0. The van der Waals surface area contributed by atoms with Gasteiger partial charge in [0.1, 0.15) is 0 Å². The number of benzene rings is 2. The topological polar surface area (TPSA) is 42.0 Å². The van der Waals surface area contributed by atoms with Crippen LogP contribution in [-0.4, -0.2) is 10.9 Å². The molecule has 3 rings (SSSR count). The van der Waals surface area contributed by atoms with E-state index in [-0.39, 0.29) is 11.3 Å². The van der Waals surface area contributed by atoms with Crippen LogP contribution < -0.4 is 5.32 Å². The number of thiazole rings is 1. The highest BCUT2D eigenvalue weighted by Crippen LogP contribution is 2.23. The third-order valence-electron chi connectivity index (χ3n) is 4.25. The average molecular weight is 365 g/mol. The van der Waals surface area contributed by atoms with Crippen LogP contribution in [0, 0.1) is 6.92 Å². The molecule has 1 N–H and O–H groups in total. The first kappa shape index (κ1) is 18.3. The number of carbonyl (C=O) groups is 1. The van der Waals surface area contributed by atoms with E-state index in [4.69, 9.17) is 0 Å². The summed E-state index contributed by atoms with van der Waals surface area (Å²) in [6.45, 7) is 8.55. The van der Waals surface area contributed by atoms with Crippen LogP contribution in [0.4, 0.5) is 5.69 Å². The molecular weight excluding hydrogens is 340 g/mol. The van der Waals surface area contributed by atoms with Gasteiger partial charge in [-0.15, -0.1) is 11.3 Å². The largest absolute Gasteiger partial charge is 0.322 e. The molecule has 0 unspecified atom stereocenters. The Balaban J connectivity index is 1.64. The number of nitrogens with one attached hydrogen (secondary N) is 1. The molecule has 0 aliphatic carbocycles. The van der Waals surface area contributed by atoms with Gasteiger partial charge in [0.05, 0.1) is 5.01 Å². The van der Waals surface area contributed by atoms with Crippen molar-refractivity contribution < 1.29 is 4.79 Å². The molecule has 0 aliphatic rings. The number of nitrogens with zero attached hydrogens (tertiary/aromatic N) is 1. The smallest absolute Gasteiger partial charge is 0.255 e. The van der Waals surface area contributed by atoms with Gasteiger partial charge in [0.15, 0.2) is 0 Å². The Labute approximate surface area is 159 Å². The van der Waals surface area contributed by atoms with Crippen molar-refractivity contribution in [3.8, 4) is 0 Å². The molecule has 0 atom stereocenters. The number of rotatable bonds is 4. The first-order chi connectivity index (χ1) is 12.3. The van der Waals surface area contributed by atoms with Gasteiger partial charge in [0.2, 0.25) is 0 Å². The van der Waals surface area contributed by atoms with Crippen molar-refractivity contribution in [2.75, 3.05) is 5.32 Å². The summed E-state index contributed by atoms with van der Waals surface area (Å²) in [5, 5.41) is 4.07. The number of aryl methyl sites for hydroxylation is 1. The highest BCUT2D eigenvalue weighted by Gasteiger charge is 2.14. The van der Waals surface area contributed by atoms with Gasteiger partial charge in [-0.3, -0.25) is 4.79 Å². The van der Waals surface area contributed by atoms with Crippen LogP contribution in [-0.2, 0) is 11.8 Å². The summed E-state index contributed by atoms with van der Waals surface area (Å²) >= 11 is 1.72. The second-order valence-corrected chi connectivity index (χ2v) is 8.84. The Kier molecular flexibility index (Phi) is 5.23. The van der Waals surface area contributed by atoms with Crippen molar-refractivity contribution in [3.63, 3.8) is 0 Å². The standard InChI is InChI=1S/C22H24N2OS/c1-15-14-23-20(26-15)13-16-5-11-19(12-6-16)24-21(25)17-7-9-18(10-8-17)22(2,3)4/h5-12,14H,13H2,1-4H3,(H,24,25). The minimum atomic E-state index is -0.0891. The van der Waals surface area contributed by atoms with Gasteiger partial charge in [0, 0.05) is 28.7 Å². The van der Waals surface area contributed by atoms with Crippen LogP contribution in [0.1, 0.15) is 52.1 Å². The molecule has 0 radical (unpaired) electrons. The second kappa shape index (κ2) is 7.42. The van der Waals surface area contributed by atoms with Crippen LogP contribution in [0.15, 0.2) is 54.7 Å². The lowest BCUT2D eigenvalue weighted by Gasteiger charge is -2.19. The van der Waals surface area contributed by atoms with Crippen molar-refractivity contribution in [3.05, 3.63) is 81.3 Å². The highest BCUT2D eigenvalue weighted by molar-refractivity contribution is 7.11. The van der Waals surface area contributed by atoms with E-state index in [0.29, 0.717) is 5.56 Å². The van der Waals surface area contributed by atoms with E-state index in [1.165, 1.54) is 16.0 Å². The lowest BCUT2D eigenvalue weighted by atomic mass is 9.87. The van der Waals surface area contributed by atoms with Crippen LogP contribution in [0.3, 0.4) is 0 Å². The Hall–Kier alpha value is -2.46. The third kappa shape index (κ3) is 4.58. The Morgan fingerprint density at radius 3 is 2.23 bits per heavy atom. The molecule has 26 heavy (non-hydrogen) atoms. The van der Waals surface area contributed by atoms with E-state index in [2.05, 4.69) is 38.0 Å². The first-order valence-electron chi connectivity index (χ1n) is 8.73. The summed E-state index contributed by atoms with van der Waals surface area (Å²) in [6, 6.07) is 15.8. The normalized spacial score (nSPS) is 11.4. The maximum absolute atomic E-state index is 12.4. The van der Waals surface area contributed by atoms with Crippen molar-refractivity contribution >= 4 is 22.9 Å². The predicted octanol–water partition coefficient (Wildman–Crippen LogP) is 5.59. The molecule has 1 amide bonds. The van der Waals surface area contributed by atoms with Gasteiger partial charge in [-0.2, -0.15) is 0 Å². The van der Waals surface area contributed by atoms with E-state index in [1.54, 1.807) is 11.3 Å². The lowest BCUT2D eigenvalue weighted by Crippen LogP contribution is -2.14. The second-order valence-electron chi connectivity index (χ2n) is 7.52. The fourth-order valence-electron chi connectivity index (χ4n) is 2.69. The molecule has 1 aromatic heterocycles. The van der Waals surface area contributed by atoms with E-state index >= 15 is 0 Å². The van der Waals surface area contributed by atoms with E-state index in [1.807, 2.05) is 54.7 Å². The average Bonchev–Trinajstić information content (AvgIpc) is 3.01. The third-order valence-corrected chi connectivity index (χ3v) is 5.16. The highest BCUT2D eigenvalue weighted by atomic mass is 32.1. The molecule has 4 heteroatoms. The van der Waals surface area contributed by atoms with E-state index in [0.717, 1.165) is 17.1 Å². The Bertz CT molecular complexity index is 887. The Morgan fingerprint density at radius 2 is 1.69 bits per heavy atom. The lowest BCUT2D eigenvalue weighted by molar-refractivity contribution is 0.102. The molecule has 0 spiro atoms. The summed E-state index contributed by atoms with van der Waals surface area (Å²) in [5.41, 5.74) is 3.96. The number of carbonyl (C=O) groups excluding carboxylic acids is 1. The zero-order chi connectivity index (χ0) is 18.7. The summed E-state index contributed by atoms with van der Waals surface area (Å²) in [6.07, 6.45) is 2.72. The zero-order valence-electron chi connectivity index (χ0n) is 15.7. The van der Waals surface area contributed by atoms with Gasteiger partial charge in [-0.1, -0.05) is 45.0 Å². The molecule has 3 aromatic rings. The monoisotopic (exact) mass is 364 g/mol. The molecule has 0 saturated carbocycles. The fourth-order valence-corrected chi connectivity index (χ4v) is 3.51. The van der Waals surface area contributed by atoms with E-state index in [9.17, 15) is 4.79 Å². The molecule has 0 fully saturated rings. The molecule has 1 heterocycles. The molecule has 2 aromatic carbocycles. The number of hydrogen-bond acceptors (Lipinski definition) is 3. The van der Waals surface area contributed by atoms with Crippen molar-refractivity contribution in [2.45, 2.75) is 39.5 Å². The maximum Gasteiger partial charge on any atom is 0.255 e. The Morgan fingerprint density at radius 1 is 1.04 bits per heavy atom. The van der Waals surface area contributed by atoms with Crippen LogP contribution in [0.5, 0.6) is 0 Å². The van der Waals surface area contributed by atoms with Gasteiger partial charge >= 0.3 is 0 Å². The minimum absolute atomic E-state index is 0.0841. The van der Waals surface area contributed by atoms with Gasteiger partial charge in [-0.05, 0) is 47.7 Å². The number of anilines is 1. The zero-order valence-corrected chi connectivity index (χ0v) is 16.5. The quantitative estimate of drug-likeness (QED) is 0.655. The van der Waals surface area contributed by atoms with Crippen molar-refractivity contribution in [1.82, 2.24) is 4.98 Å². The number of hydrogen-bond donors (Lipinski definition) is 1. The van der Waals surface area contributed by atoms with Crippen LogP contribution in [0.25, 0.3) is 0 Å². The van der Waals surface area contributed by atoms with E-state index < -0.39 is 0 Å². The van der Waals surface area contributed by atoms with Gasteiger partial charge < -0.3 is 5.32 Å². The number of amides is 1. The van der Waals surface area contributed by atoms with Crippen LogP contribution in [0.2, 0.25) is 0 Å². The predicted molar refractivity (Wildman–Crippen MR) is 109 cm³/mol. The molecule has 134 valence electrons. The van der Waals surface area contributed by atoms with Gasteiger partial charge in [0.25, 0.3) is 5.91 Å². The van der Waals surface area contributed by atoms with Gasteiger partial charge in [-0.25, -0.2) is 4.98 Å². The fraction of sp³-hybridized carbons (Fsp3) is 0.273. The molecule has 0 aliphatic heterocycles. The van der Waals surface area contributed by atoms with Crippen molar-refractivity contribution in [2.24, 2.45) is 0 Å². The van der Waals surface area contributed by atoms with Crippen molar-refractivity contribution in [1.29, 1.82) is 0 Å². The SMILES string of the molecule is Cc1cnc(Cc2ccc(NC(=O)c3ccc(C(C)(C)C)cc3)cc2)s1. The summed E-state index contributed by atoms with van der Waals surface area (Å²) < 4.78 is 0. The van der Waals surface area contributed by atoms with Crippen LogP contribution >= 0.6 is 11.3 Å². The first-order valence-corrected chi connectivity index (χ1v) is 9.55. The summed E-state index contributed by atoms with van der Waals surface area (Å²) in [5.74, 6) is -0.0891. The number of aromatic nitrogens is 1. The minimum Gasteiger partial charge on any atom is -0.322 e. The maximum atomic E-state index is 12.4. The molecular formula is C22H24N2OS. The molecule has 3 nitrogen and oxygen atoms in total. The molecule has 0 saturated heterocycles.